The van der Waals surface area contributed by atoms with Crippen molar-refractivity contribution in [3.63, 3.8) is 0 Å². The lowest BCUT2D eigenvalue weighted by Crippen LogP contribution is -2.22. The van der Waals surface area contributed by atoms with Crippen molar-refractivity contribution in [2.75, 3.05) is 0 Å². The summed E-state index contributed by atoms with van der Waals surface area (Å²) in [6, 6.07) is 0. The van der Waals surface area contributed by atoms with Crippen LogP contribution in [0.5, 0.6) is 0 Å². The molecule has 0 saturated heterocycles. The molecule has 0 aromatic carbocycles. The first-order chi connectivity index (χ1) is 13.4. The summed E-state index contributed by atoms with van der Waals surface area (Å²) in [5.74, 6) is 0. The standard InChI is InChI=1S/H29O13Si14/c14-1-16-3-18-5-20-7-22-9-24-11-26-13-27-12-25-10-23-8-21-6-19-4-17-2-15/h14,16-27H2,15H3. The first kappa shape index (κ1) is 29.5. The van der Waals surface area contributed by atoms with E-state index in [1.54, 1.807) is 0 Å². The average molecular weight is 630 g/mol. The Bertz CT molecular complexity index is 235. The zero-order valence-corrected chi connectivity index (χ0v) is 35.9. The Balaban J connectivity index is 2.95. The van der Waals surface area contributed by atoms with E-state index in [9.17, 15) is 0 Å². The molecule has 0 N–H and O–H groups in total. The molecule has 13 nitrogen and oxygen atoms in total. The second-order valence-corrected chi connectivity index (χ2v) is 28.9. The molecule has 27 heavy (non-hydrogen) atoms. The molecule has 0 saturated carbocycles. The van der Waals surface area contributed by atoms with E-state index in [4.69, 9.17) is 53.5 Å². The zero-order chi connectivity index (χ0) is 19.7. The maximum absolute atomic E-state index is 5.42. The third kappa shape index (κ3) is 28.5. The van der Waals surface area contributed by atoms with Crippen molar-refractivity contribution >= 4 is 141 Å². The van der Waals surface area contributed by atoms with Crippen molar-refractivity contribution in [2.45, 2.75) is 0 Å². The molecule has 0 spiro atoms. The van der Waals surface area contributed by atoms with Gasteiger partial charge < -0.3 is 53.5 Å². The fraction of sp³-hybridized carbons (Fsp3) is 0. The van der Waals surface area contributed by atoms with Crippen molar-refractivity contribution < 1.29 is 53.5 Å². The Kier molecular flexibility index (Phi) is 31.2. The van der Waals surface area contributed by atoms with Gasteiger partial charge in [-0.15, -0.1) is 0 Å². The summed E-state index contributed by atoms with van der Waals surface area (Å²) in [6.07, 6.45) is 0. The van der Waals surface area contributed by atoms with E-state index in [2.05, 4.69) is 0 Å². The molecule has 163 valence electrons. The maximum atomic E-state index is 5.42. The molecule has 0 aromatic heterocycles. The Morgan fingerprint density at radius 1 is 0.370 bits per heavy atom. The van der Waals surface area contributed by atoms with Crippen LogP contribution in [-0.4, -0.2) is 141 Å². The highest BCUT2D eigenvalue weighted by atomic mass is 28.4. The fourth-order valence-electron chi connectivity index (χ4n) is 1.11. The molecule has 1 radical (unpaired) electrons. The van der Waals surface area contributed by atoms with E-state index in [1.165, 1.54) is 10.5 Å². The SMILES string of the molecule is [SiH2]O[SiH2]O[SiH2]O[SiH2]O[SiH2]O[SiH2]O[SiH2]O[SiH2]O[SiH2]O[SiH2]O[SiH2]O[SiH2]O[SiH2]O[SiH3]. The van der Waals surface area contributed by atoms with Crippen LogP contribution in [0.3, 0.4) is 0 Å². The summed E-state index contributed by atoms with van der Waals surface area (Å²) in [7, 11) is -8.80. The number of hydrogen-bond donors (Lipinski definition) is 0. The molecule has 0 rings (SSSR count). The van der Waals surface area contributed by atoms with Gasteiger partial charge in [0.1, 0.15) is 10.5 Å². The van der Waals surface area contributed by atoms with Gasteiger partial charge in [-0.05, 0) is 0 Å². The summed E-state index contributed by atoms with van der Waals surface area (Å²) in [5, 5.41) is 0. The first-order valence-corrected chi connectivity index (χ1v) is 22.9. The van der Waals surface area contributed by atoms with Gasteiger partial charge in [-0.3, -0.25) is 0 Å². The van der Waals surface area contributed by atoms with E-state index >= 15 is 0 Å². The van der Waals surface area contributed by atoms with E-state index in [-0.39, 0.29) is 0 Å². The zero-order valence-electron chi connectivity index (χ0n) is 15.5. The quantitative estimate of drug-likeness (QED) is 0.0743. The van der Waals surface area contributed by atoms with Gasteiger partial charge in [0.25, 0.3) is 120 Å². The van der Waals surface area contributed by atoms with Crippen LogP contribution in [0.25, 0.3) is 0 Å². The molecular formula is H29O13Si14. The predicted octanol–water partition coefficient (Wildman–Crippen LogP) is -14.0. The monoisotopic (exact) mass is 629 g/mol. The van der Waals surface area contributed by atoms with Crippen molar-refractivity contribution in [3.05, 3.63) is 0 Å². The van der Waals surface area contributed by atoms with Crippen LogP contribution in [0.15, 0.2) is 0 Å². The van der Waals surface area contributed by atoms with E-state index < -0.39 is 120 Å². The fourth-order valence-corrected chi connectivity index (χ4v) is 23.1. The molecule has 0 unspecified atom stereocenters. The lowest BCUT2D eigenvalue weighted by molar-refractivity contribution is 0.358. The molecule has 0 aliphatic rings. The van der Waals surface area contributed by atoms with E-state index in [1.807, 2.05) is 0 Å². The molecule has 0 amide bonds. The molecule has 0 aliphatic carbocycles. The molecule has 0 atom stereocenters. The van der Waals surface area contributed by atoms with Gasteiger partial charge in [0, 0.05) is 0 Å². The second-order valence-electron chi connectivity index (χ2n) is 4.15. The van der Waals surface area contributed by atoms with Crippen LogP contribution < -0.4 is 0 Å². The lowest BCUT2D eigenvalue weighted by Gasteiger charge is -2.09. The van der Waals surface area contributed by atoms with Gasteiger partial charge in [-0.1, -0.05) is 0 Å². The summed E-state index contributed by atoms with van der Waals surface area (Å²) >= 11 is 0. The van der Waals surface area contributed by atoms with Crippen LogP contribution in [-0.2, 0) is 53.5 Å². The van der Waals surface area contributed by atoms with Gasteiger partial charge in [0.05, 0.1) is 0 Å². The Hall–Kier alpha value is 2.52. The number of rotatable bonds is 24. The minimum atomic E-state index is -0.982. The van der Waals surface area contributed by atoms with Crippen LogP contribution in [0.2, 0.25) is 0 Å². The highest BCUT2D eigenvalue weighted by Crippen LogP contribution is 1.79. The summed E-state index contributed by atoms with van der Waals surface area (Å²) in [6.45, 7) is 0. The third-order valence-electron chi connectivity index (χ3n) is 2.03. The van der Waals surface area contributed by atoms with Crippen LogP contribution >= 0.6 is 0 Å². The maximum Gasteiger partial charge on any atom is 0.286 e. The molecule has 0 aliphatic heterocycles. The second kappa shape index (κ2) is 28.5. The molecule has 0 fully saturated rings. The Labute approximate surface area is 193 Å². The molecule has 0 bridgehead atoms. The lowest BCUT2D eigenvalue weighted by atomic mass is 15.7. The summed E-state index contributed by atoms with van der Waals surface area (Å²) in [4.78, 5) is 0. The van der Waals surface area contributed by atoms with Crippen LogP contribution in [0, 0.1) is 0 Å². The Morgan fingerprint density at radius 3 is 0.815 bits per heavy atom. The highest BCUT2D eigenvalue weighted by Gasteiger charge is 1.97. The van der Waals surface area contributed by atoms with Gasteiger partial charge in [-0.2, -0.15) is 0 Å². The molecular weight excluding hydrogens is 601 g/mol. The third-order valence-corrected chi connectivity index (χ3v) is 18.3. The van der Waals surface area contributed by atoms with Gasteiger partial charge in [0.2, 0.25) is 0 Å². The van der Waals surface area contributed by atoms with Gasteiger partial charge in [-0.25, -0.2) is 0 Å². The van der Waals surface area contributed by atoms with Crippen molar-refractivity contribution in [1.29, 1.82) is 0 Å². The molecule has 27 heteroatoms. The normalized spacial score (nSPS) is 16.8. The molecule has 0 aromatic rings. The topological polar surface area (TPSA) is 120 Å². The van der Waals surface area contributed by atoms with E-state index in [0.717, 1.165) is 10.5 Å². The summed E-state index contributed by atoms with van der Waals surface area (Å²) in [5.41, 5.74) is 0. The predicted molar refractivity (Wildman–Crippen MR) is 135 cm³/mol. The smallest absolute Gasteiger partial charge is 0.286 e. The summed E-state index contributed by atoms with van der Waals surface area (Å²) < 4.78 is 69.0. The van der Waals surface area contributed by atoms with Crippen LogP contribution in [0.4, 0.5) is 0 Å². The van der Waals surface area contributed by atoms with Gasteiger partial charge >= 0.3 is 0 Å². The number of hydrogen-bond acceptors (Lipinski definition) is 13. The first-order valence-electron chi connectivity index (χ1n) is 7.63. The highest BCUT2D eigenvalue weighted by molar-refractivity contribution is 6.50. The van der Waals surface area contributed by atoms with Crippen molar-refractivity contribution in [2.24, 2.45) is 0 Å². The van der Waals surface area contributed by atoms with Crippen molar-refractivity contribution in [1.82, 2.24) is 0 Å². The largest absolute Gasteiger partial charge is 0.449 e. The minimum absolute atomic E-state index is 0.744. The molecule has 0 heterocycles. The van der Waals surface area contributed by atoms with Crippen molar-refractivity contribution in [3.8, 4) is 0 Å². The average Bonchev–Trinajstić information content (AvgIpc) is 2.68. The van der Waals surface area contributed by atoms with E-state index in [0.29, 0.717) is 0 Å². The Morgan fingerprint density at radius 2 is 0.593 bits per heavy atom. The van der Waals surface area contributed by atoms with Crippen LogP contribution in [0.1, 0.15) is 0 Å². The van der Waals surface area contributed by atoms with Gasteiger partial charge in [0.15, 0.2) is 10.5 Å². The minimum Gasteiger partial charge on any atom is -0.449 e.